The number of hydrogen-bond donors (Lipinski definition) is 0. The molecule has 0 atom stereocenters. The lowest BCUT2D eigenvalue weighted by molar-refractivity contribution is 0.0588. The third kappa shape index (κ3) is 7.09. The van der Waals surface area contributed by atoms with Gasteiger partial charge in [-0.1, -0.05) is 43.2 Å². The molecule has 0 aliphatic carbocycles. The Morgan fingerprint density at radius 3 is 2.52 bits per heavy atom. The monoisotopic (exact) mass is 421 g/mol. The van der Waals surface area contributed by atoms with Crippen LogP contribution >= 0.6 is 0 Å². The molecule has 0 bridgehead atoms. The first-order valence-corrected chi connectivity index (χ1v) is 10.9. The zero-order valence-corrected chi connectivity index (χ0v) is 18.5. The second-order valence-electron chi connectivity index (χ2n) is 7.49. The Morgan fingerprint density at radius 1 is 1.06 bits per heavy atom. The molecule has 164 valence electrons. The smallest absolute Gasteiger partial charge is 0.360 e. The number of aromatic nitrogens is 1. The number of carbonyl (C=O) groups excluding carboxylic acids is 1. The zero-order valence-electron chi connectivity index (χ0n) is 18.5. The van der Waals surface area contributed by atoms with Gasteiger partial charge in [0.1, 0.15) is 12.3 Å². The van der Waals surface area contributed by atoms with E-state index < -0.39 is 5.97 Å². The number of likely N-dealkylation sites (N-methyl/N-ethyl adjacent to an activating group) is 1. The number of methoxy groups -OCH3 is 1. The van der Waals surface area contributed by atoms with Crippen molar-refractivity contribution >= 4 is 5.97 Å². The highest BCUT2D eigenvalue weighted by atomic mass is 16.5. The van der Waals surface area contributed by atoms with Gasteiger partial charge in [-0.05, 0) is 43.1 Å². The van der Waals surface area contributed by atoms with Crippen molar-refractivity contribution in [1.29, 1.82) is 0 Å². The molecule has 1 fully saturated rings. The van der Waals surface area contributed by atoms with E-state index in [1.54, 1.807) is 12.1 Å². The van der Waals surface area contributed by atoms with E-state index in [1.165, 1.54) is 7.11 Å². The lowest BCUT2D eigenvalue weighted by Crippen LogP contribution is -2.46. The highest BCUT2D eigenvalue weighted by molar-refractivity contribution is 5.90. The van der Waals surface area contributed by atoms with Crippen LogP contribution in [0, 0.1) is 11.8 Å². The van der Waals surface area contributed by atoms with E-state index in [2.05, 4.69) is 33.5 Å². The minimum atomic E-state index is -0.530. The van der Waals surface area contributed by atoms with E-state index in [-0.39, 0.29) is 5.69 Å². The second kappa shape index (κ2) is 12.1. The Bertz CT molecular complexity index is 897. The van der Waals surface area contributed by atoms with Crippen molar-refractivity contribution in [3.8, 4) is 17.6 Å². The fourth-order valence-corrected chi connectivity index (χ4v) is 3.48. The SMILES string of the molecule is CCN1CCN(CCCC#Cc2ccc(OCc3ccccc3)c(C(=O)OC)n2)CC1. The first-order valence-electron chi connectivity index (χ1n) is 10.9. The molecular weight excluding hydrogens is 390 g/mol. The molecule has 1 aliphatic rings. The third-order valence-electron chi connectivity index (χ3n) is 5.38. The van der Waals surface area contributed by atoms with Crippen LogP contribution < -0.4 is 4.74 Å². The second-order valence-corrected chi connectivity index (χ2v) is 7.49. The molecule has 0 amide bonds. The van der Waals surface area contributed by atoms with Crippen LogP contribution in [0.1, 0.15) is 41.5 Å². The van der Waals surface area contributed by atoms with Gasteiger partial charge in [-0.25, -0.2) is 9.78 Å². The number of carbonyl (C=O) groups is 1. The number of unbranched alkanes of at least 4 members (excludes halogenated alkanes) is 1. The molecule has 1 saturated heterocycles. The lowest BCUT2D eigenvalue weighted by Gasteiger charge is -2.33. The maximum atomic E-state index is 12.2. The molecule has 1 aromatic heterocycles. The van der Waals surface area contributed by atoms with Crippen LogP contribution in [-0.2, 0) is 11.3 Å². The molecular formula is C25H31N3O3. The van der Waals surface area contributed by atoms with Crippen LogP contribution in [0.5, 0.6) is 5.75 Å². The topological polar surface area (TPSA) is 54.9 Å². The predicted octanol–water partition coefficient (Wildman–Crippen LogP) is 3.22. The Balaban J connectivity index is 1.54. The Morgan fingerprint density at radius 2 is 1.81 bits per heavy atom. The van der Waals surface area contributed by atoms with Gasteiger partial charge in [-0.2, -0.15) is 0 Å². The molecule has 2 heterocycles. The number of ether oxygens (including phenoxy) is 2. The van der Waals surface area contributed by atoms with Gasteiger partial charge in [0.2, 0.25) is 0 Å². The molecule has 0 radical (unpaired) electrons. The summed E-state index contributed by atoms with van der Waals surface area (Å²) in [5.41, 5.74) is 1.71. The quantitative estimate of drug-likeness (QED) is 0.371. The van der Waals surface area contributed by atoms with E-state index in [0.717, 1.165) is 57.7 Å². The van der Waals surface area contributed by atoms with Crippen molar-refractivity contribution < 1.29 is 14.3 Å². The summed E-state index contributed by atoms with van der Waals surface area (Å²) in [5.74, 6) is 6.11. The third-order valence-corrected chi connectivity index (χ3v) is 5.38. The lowest BCUT2D eigenvalue weighted by atomic mass is 10.2. The average Bonchev–Trinajstić information content (AvgIpc) is 2.83. The summed E-state index contributed by atoms with van der Waals surface area (Å²) in [6, 6.07) is 13.3. The van der Waals surface area contributed by atoms with Crippen LogP contribution in [-0.4, -0.2) is 67.1 Å². The fraction of sp³-hybridized carbons (Fsp3) is 0.440. The molecule has 31 heavy (non-hydrogen) atoms. The van der Waals surface area contributed by atoms with E-state index in [4.69, 9.17) is 9.47 Å². The van der Waals surface area contributed by atoms with Crippen molar-refractivity contribution in [3.63, 3.8) is 0 Å². The number of pyridine rings is 1. The summed E-state index contributed by atoms with van der Waals surface area (Å²) in [4.78, 5) is 21.5. The zero-order chi connectivity index (χ0) is 21.9. The van der Waals surface area contributed by atoms with Gasteiger partial charge in [0, 0.05) is 32.6 Å². The molecule has 6 nitrogen and oxygen atoms in total. The van der Waals surface area contributed by atoms with Crippen molar-refractivity contribution in [2.24, 2.45) is 0 Å². The van der Waals surface area contributed by atoms with E-state index in [9.17, 15) is 4.79 Å². The predicted molar refractivity (Wildman–Crippen MR) is 121 cm³/mol. The van der Waals surface area contributed by atoms with E-state index >= 15 is 0 Å². The van der Waals surface area contributed by atoms with Crippen molar-refractivity contribution in [1.82, 2.24) is 14.8 Å². The maximum absolute atomic E-state index is 12.2. The number of nitrogens with zero attached hydrogens (tertiary/aromatic N) is 3. The molecule has 0 saturated carbocycles. The highest BCUT2D eigenvalue weighted by Gasteiger charge is 2.16. The summed E-state index contributed by atoms with van der Waals surface area (Å²) < 4.78 is 10.7. The number of rotatable bonds is 8. The highest BCUT2D eigenvalue weighted by Crippen LogP contribution is 2.19. The van der Waals surface area contributed by atoms with E-state index in [0.29, 0.717) is 18.1 Å². The standard InChI is InChI=1S/C25H31N3O3/c1-3-27-16-18-28(19-17-27)15-9-5-8-12-22-13-14-23(24(26-22)25(29)30-2)31-20-21-10-6-4-7-11-21/h4,6-7,10-11,13-14H,3,5,9,15-20H2,1-2H3. The average molecular weight is 422 g/mol. The number of benzene rings is 1. The van der Waals surface area contributed by atoms with Gasteiger partial charge in [0.25, 0.3) is 0 Å². The molecule has 1 aliphatic heterocycles. The van der Waals surface area contributed by atoms with Gasteiger partial charge in [0.05, 0.1) is 7.11 Å². The molecule has 0 spiro atoms. The summed E-state index contributed by atoms with van der Waals surface area (Å²) in [7, 11) is 1.34. The Hall–Kier alpha value is -2.88. The number of hydrogen-bond acceptors (Lipinski definition) is 6. The van der Waals surface area contributed by atoms with Gasteiger partial charge in [-0.15, -0.1) is 0 Å². The molecule has 2 aromatic rings. The summed E-state index contributed by atoms with van der Waals surface area (Å²) in [5, 5.41) is 0. The maximum Gasteiger partial charge on any atom is 0.360 e. The molecule has 3 rings (SSSR count). The molecule has 0 unspecified atom stereocenters. The largest absolute Gasteiger partial charge is 0.486 e. The summed E-state index contributed by atoms with van der Waals surface area (Å²) in [6.45, 7) is 9.35. The van der Waals surface area contributed by atoms with Gasteiger partial charge in [-0.3, -0.25) is 0 Å². The van der Waals surface area contributed by atoms with Gasteiger partial charge in [0.15, 0.2) is 11.4 Å². The van der Waals surface area contributed by atoms with Gasteiger partial charge < -0.3 is 19.3 Å². The van der Waals surface area contributed by atoms with Crippen molar-refractivity contribution in [3.05, 3.63) is 59.4 Å². The van der Waals surface area contributed by atoms with Gasteiger partial charge >= 0.3 is 5.97 Å². The fourth-order valence-electron chi connectivity index (χ4n) is 3.48. The number of esters is 1. The Labute approximate surface area is 185 Å². The number of piperazine rings is 1. The van der Waals surface area contributed by atoms with Crippen LogP contribution in [0.25, 0.3) is 0 Å². The molecule has 6 heteroatoms. The van der Waals surface area contributed by atoms with E-state index in [1.807, 2.05) is 30.3 Å². The molecule has 0 N–H and O–H groups in total. The summed E-state index contributed by atoms with van der Waals surface area (Å²) >= 11 is 0. The first kappa shape index (κ1) is 22.8. The van der Waals surface area contributed by atoms with Crippen LogP contribution in [0.15, 0.2) is 42.5 Å². The minimum absolute atomic E-state index is 0.152. The summed E-state index contributed by atoms with van der Waals surface area (Å²) in [6.07, 6.45) is 1.83. The molecule has 1 aromatic carbocycles. The van der Waals surface area contributed by atoms with Crippen molar-refractivity contribution in [2.75, 3.05) is 46.4 Å². The first-order chi connectivity index (χ1) is 15.2. The normalized spacial score (nSPS) is 14.5. The van der Waals surface area contributed by atoms with Crippen molar-refractivity contribution in [2.45, 2.75) is 26.4 Å². The van der Waals surface area contributed by atoms with Crippen LogP contribution in [0.3, 0.4) is 0 Å². The van der Waals surface area contributed by atoms with Crippen LogP contribution in [0.4, 0.5) is 0 Å². The van der Waals surface area contributed by atoms with Crippen LogP contribution in [0.2, 0.25) is 0 Å². The minimum Gasteiger partial charge on any atom is -0.486 e. The Kier molecular flexibility index (Phi) is 8.89.